The van der Waals surface area contributed by atoms with Crippen LogP contribution in [0.4, 0.5) is 0 Å². The highest BCUT2D eigenvalue weighted by Gasteiger charge is 2.35. The van der Waals surface area contributed by atoms with E-state index in [0.717, 1.165) is 32.2 Å². The summed E-state index contributed by atoms with van der Waals surface area (Å²) in [7, 11) is 0. The van der Waals surface area contributed by atoms with Gasteiger partial charge >= 0.3 is 5.97 Å². The maximum atomic E-state index is 12.1. The Morgan fingerprint density at radius 1 is 1.17 bits per heavy atom. The molecule has 3 N–H and O–H groups in total. The first-order chi connectivity index (χ1) is 8.59. The van der Waals surface area contributed by atoms with Crippen LogP contribution in [0.5, 0.6) is 0 Å². The monoisotopic (exact) mass is 254 g/mol. The predicted octanol–water partition coefficient (Wildman–Crippen LogP) is 0.744. The predicted molar refractivity (Wildman–Crippen MR) is 67.1 cm³/mol. The van der Waals surface area contributed by atoms with Crippen LogP contribution < -0.4 is 10.6 Å². The maximum absolute atomic E-state index is 12.1. The third-order valence-corrected chi connectivity index (χ3v) is 4.27. The summed E-state index contributed by atoms with van der Waals surface area (Å²) in [5.74, 6) is -1.18. The zero-order chi connectivity index (χ0) is 13.1. The summed E-state index contributed by atoms with van der Waals surface area (Å²) in [4.78, 5) is 23.3. The minimum Gasteiger partial charge on any atom is -0.481 e. The molecule has 4 atom stereocenters. The minimum atomic E-state index is -0.780. The van der Waals surface area contributed by atoms with E-state index in [1.54, 1.807) is 0 Å². The maximum Gasteiger partial charge on any atom is 0.308 e. The molecule has 5 nitrogen and oxygen atoms in total. The van der Waals surface area contributed by atoms with E-state index < -0.39 is 11.9 Å². The molecule has 0 spiro atoms. The number of aliphatic carboxylic acids is 1. The SMILES string of the molecule is CC1NCCC1C(=O)NC1CCCCC1C(=O)O. The second-order valence-corrected chi connectivity index (χ2v) is 5.48. The van der Waals surface area contributed by atoms with Crippen molar-refractivity contribution in [1.29, 1.82) is 0 Å². The van der Waals surface area contributed by atoms with Crippen LogP contribution >= 0.6 is 0 Å². The molecule has 0 aromatic carbocycles. The van der Waals surface area contributed by atoms with Gasteiger partial charge in [-0.3, -0.25) is 9.59 Å². The van der Waals surface area contributed by atoms with Crippen LogP contribution in [0.25, 0.3) is 0 Å². The number of hydrogen-bond acceptors (Lipinski definition) is 3. The summed E-state index contributed by atoms with van der Waals surface area (Å²) in [6.07, 6.45) is 4.27. The van der Waals surface area contributed by atoms with Gasteiger partial charge in [-0.05, 0) is 32.7 Å². The van der Waals surface area contributed by atoms with Crippen molar-refractivity contribution in [2.75, 3.05) is 6.54 Å². The third kappa shape index (κ3) is 2.83. The second-order valence-electron chi connectivity index (χ2n) is 5.48. The molecule has 1 aliphatic heterocycles. The van der Waals surface area contributed by atoms with Gasteiger partial charge in [0.2, 0.25) is 5.91 Å². The van der Waals surface area contributed by atoms with E-state index in [0.29, 0.717) is 6.42 Å². The molecule has 102 valence electrons. The lowest BCUT2D eigenvalue weighted by Crippen LogP contribution is -2.48. The van der Waals surface area contributed by atoms with Crippen LogP contribution in [-0.2, 0) is 9.59 Å². The number of amides is 1. The molecular formula is C13H22N2O3. The second kappa shape index (κ2) is 5.69. The van der Waals surface area contributed by atoms with Gasteiger partial charge in [-0.1, -0.05) is 12.8 Å². The first-order valence-corrected chi connectivity index (χ1v) is 6.86. The van der Waals surface area contributed by atoms with Gasteiger partial charge in [-0.25, -0.2) is 0 Å². The Balaban J connectivity index is 1.94. The Bertz CT molecular complexity index is 332. The van der Waals surface area contributed by atoms with Gasteiger partial charge in [0, 0.05) is 12.1 Å². The normalized spacial score (nSPS) is 36.3. The summed E-state index contributed by atoms with van der Waals surface area (Å²) in [6, 6.07) is 0.00780. The van der Waals surface area contributed by atoms with Gasteiger partial charge in [0.05, 0.1) is 11.8 Å². The number of carbonyl (C=O) groups excluding carboxylic acids is 1. The molecule has 18 heavy (non-hydrogen) atoms. The summed E-state index contributed by atoms with van der Waals surface area (Å²) in [6.45, 7) is 2.87. The Hall–Kier alpha value is -1.10. The number of hydrogen-bond donors (Lipinski definition) is 3. The fraction of sp³-hybridized carbons (Fsp3) is 0.846. The quantitative estimate of drug-likeness (QED) is 0.694. The Morgan fingerprint density at radius 3 is 2.50 bits per heavy atom. The van der Waals surface area contributed by atoms with Crippen LogP contribution in [0.15, 0.2) is 0 Å². The Morgan fingerprint density at radius 2 is 1.89 bits per heavy atom. The average molecular weight is 254 g/mol. The molecule has 2 rings (SSSR count). The highest BCUT2D eigenvalue weighted by Crippen LogP contribution is 2.25. The van der Waals surface area contributed by atoms with E-state index in [4.69, 9.17) is 0 Å². The van der Waals surface area contributed by atoms with E-state index in [2.05, 4.69) is 10.6 Å². The standard InChI is InChI=1S/C13H22N2O3/c1-8-9(6-7-14-8)12(16)15-11-5-3-2-4-10(11)13(17)18/h8-11,14H,2-7H2,1H3,(H,15,16)(H,17,18). The summed E-state index contributed by atoms with van der Waals surface area (Å²) >= 11 is 0. The zero-order valence-corrected chi connectivity index (χ0v) is 10.8. The van der Waals surface area contributed by atoms with Gasteiger partial charge in [0.1, 0.15) is 0 Å². The van der Waals surface area contributed by atoms with Crippen molar-refractivity contribution < 1.29 is 14.7 Å². The lowest BCUT2D eigenvalue weighted by molar-refractivity contribution is -0.144. The van der Waals surface area contributed by atoms with E-state index in [1.165, 1.54) is 0 Å². The molecule has 0 radical (unpaired) electrons. The van der Waals surface area contributed by atoms with Gasteiger partial charge < -0.3 is 15.7 Å². The van der Waals surface area contributed by atoms with Crippen molar-refractivity contribution in [3.8, 4) is 0 Å². The van der Waals surface area contributed by atoms with Crippen LogP contribution in [0.3, 0.4) is 0 Å². The third-order valence-electron chi connectivity index (χ3n) is 4.27. The average Bonchev–Trinajstić information content (AvgIpc) is 2.76. The molecular weight excluding hydrogens is 232 g/mol. The van der Waals surface area contributed by atoms with Gasteiger partial charge in [-0.15, -0.1) is 0 Å². The molecule has 0 bridgehead atoms. The van der Waals surface area contributed by atoms with Crippen molar-refractivity contribution in [3.05, 3.63) is 0 Å². The van der Waals surface area contributed by atoms with Crippen molar-refractivity contribution in [3.63, 3.8) is 0 Å². The fourth-order valence-electron chi connectivity index (χ4n) is 3.11. The molecule has 4 unspecified atom stereocenters. The number of carbonyl (C=O) groups is 2. The van der Waals surface area contributed by atoms with Gasteiger partial charge in [0.25, 0.3) is 0 Å². The van der Waals surface area contributed by atoms with Crippen LogP contribution in [0.1, 0.15) is 39.0 Å². The minimum absolute atomic E-state index is 0.0126. The molecule has 1 aliphatic carbocycles. The number of rotatable bonds is 3. The fourth-order valence-corrected chi connectivity index (χ4v) is 3.11. The Kier molecular flexibility index (Phi) is 4.22. The highest BCUT2D eigenvalue weighted by atomic mass is 16.4. The van der Waals surface area contributed by atoms with E-state index in [-0.39, 0.29) is 23.9 Å². The molecule has 2 aliphatic rings. The smallest absolute Gasteiger partial charge is 0.308 e. The van der Waals surface area contributed by atoms with Crippen molar-refractivity contribution in [2.45, 2.75) is 51.1 Å². The number of carboxylic acids is 1. The van der Waals surface area contributed by atoms with E-state index in [9.17, 15) is 14.7 Å². The zero-order valence-electron chi connectivity index (χ0n) is 10.8. The van der Waals surface area contributed by atoms with Crippen LogP contribution in [0, 0.1) is 11.8 Å². The molecule has 1 saturated heterocycles. The molecule has 1 amide bonds. The first kappa shape index (κ1) is 13.3. The van der Waals surface area contributed by atoms with Crippen LogP contribution in [-0.4, -0.2) is 35.6 Å². The largest absolute Gasteiger partial charge is 0.481 e. The topological polar surface area (TPSA) is 78.4 Å². The molecule has 5 heteroatoms. The van der Waals surface area contributed by atoms with Crippen LogP contribution in [0.2, 0.25) is 0 Å². The molecule has 1 heterocycles. The van der Waals surface area contributed by atoms with E-state index >= 15 is 0 Å². The first-order valence-electron chi connectivity index (χ1n) is 6.86. The van der Waals surface area contributed by atoms with Crippen molar-refractivity contribution >= 4 is 11.9 Å². The molecule has 0 aromatic heterocycles. The number of carboxylic acid groups (broad SMARTS) is 1. The van der Waals surface area contributed by atoms with E-state index in [1.807, 2.05) is 6.92 Å². The van der Waals surface area contributed by atoms with Gasteiger partial charge in [0.15, 0.2) is 0 Å². The molecule has 2 fully saturated rings. The van der Waals surface area contributed by atoms with Gasteiger partial charge in [-0.2, -0.15) is 0 Å². The lowest BCUT2D eigenvalue weighted by atomic mass is 9.84. The summed E-state index contributed by atoms with van der Waals surface area (Å²) in [5, 5.41) is 15.4. The Labute approximate surface area is 107 Å². The lowest BCUT2D eigenvalue weighted by Gasteiger charge is -2.30. The number of nitrogens with one attached hydrogen (secondary N) is 2. The molecule has 1 saturated carbocycles. The summed E-state index contributed by atoms with van der Waals surface area (Å²) in [5.41, 5.74) is 0. The van der Waals surface area contributed by atoms with Crippen molar-refractivity contribution in [1.82, 2.24) is 10.6 Å². The van der Waals surface area contributed by atoms with Crippen molar-refractivity contribution in [2.24, 2.45) is 11.8 Å². The highest BCUT2D eigenvalue weighted by molar-refractivity contribution is 5.81. The molecule has 0 aromatic rings. The summed E-state index contributed by atoms with van der Waals surface area (Å²) < 4.78 is 0.